The molecule has 0 rings (SSSR count). The number of rotatable bonds is 2. The van der Waals surface area contributed by atoms with Gasteiger partial charge in [0.15, 0.2) is 0 Å². The summed E-state index contributed by atoms with van der Waals surface area (Å²) >= 11 is 5.09. The van der Waals surface area contributed by atoms with Gasteiger partial charge >= 0.3 is 0 Å². The topological polar surface area (TPSA) is 20.3 Å². The number of carbonyl (C=O) groups is 1. The largest absolute Gasteiger partial charge is 0.324 e. The third-order valence-electron chi connectivity index (χ3n) is 0.458. The summed E-state index contributed by atoms with van der Waals surface area (Å²) < 4.78 is 0. The summed E-state index contributed by atoms with van der Waals surface area (Å²) in [5.41, 5.74) is 1.27. The van der Waals surface area contributed by atoms with Gasteiger partial charge in [0.25, 0.3) is 0 Å². The van der Waals surface area contributed by atoms with Crippen LogP contribution in [0.1, 0.15) is 0 Å². The number of carbonyl (C=O) groups excluding carboxylic acids is 1. The van der Waals surface area contributed by atoms with Gasteiger partial charge in [-0.3, -0.25) is 4.79 Å². The van der Waals surface area contributed by atoms with Gasteiger partial charge < -0.3 is 4.90 Å². The summed E-state index contributed by atoms with van der Waals surface area (Å²) in [4.78, 5) is 11.0. The van der Waals surface area contributed by atoms with Crippen LogP contribution < -0.4 is 0 Å². The Morgan fingerprint density at radius 2 is 2.29 bits per heavy atom. The standard InChI is InChI=1S/C4H6ClNO/c1-6(4-7)3-2-5/h2-4H,1H3. The molecule has 0 atom stereocenters. The van der Waals surface area contributed by atoms with Gasteiger partial charge in [-0.2, -0.15) is 0 Å². The predicted octanol–water partition coefficient (Wildman–Crippen LogP) is 0.785. The SMILES string of the molecule is CN(C=O)C=CCl. The van der Waals surface area contributed by atoms with E-state index in [4.69, 9.17) is 11.6 Å². The Hall–Kier alpha value is -0.500. The van der Waals surface area contributed by atoms with Crippen molar-refractivity contribution in [2.24, 2.45) is 0 Å². The summed E-state index contributed by atoms with van der Waals surface area (Å²) in [6.45, 7) is 0. The maximum absolute atomic E-state index is 9.71. The van der Waals surface area contributed by atoms with E-state index in [-0.39, 0.29) is 0 Å². The van der Waals surface area contributed by atoms with Crippen LogP contribution in [-0.2, 0) is 4.79 Å². The number of halogens is 1. The van der Waals surface area contributed by atoms with E-state index < -0.39 is 0 Å². The van der Waals surface area contributed by atoms with Gasteiger partial charge in [-0.15, -0.1) is 0 Å². The van der Waals surface area contributed by atoms with Crippen LogP contribution in [-0.4, -0.2) is 18.4 Å². The lowest BCUT2D eigenvalue weighted by atomic mass is 10.8. The monoisotopic (exact) mass is 119 g/mol. The summed E-state index contributed by atoms with van der Waals surface area (Å²) in [6, 6.07) is 0. The van der Waals surface area contributed by atoms with Crippen molar-refractivity contribution in [1.29, 1.82) is 0 Å². The molecule has 0 saturated heterocycles. The molecule has 40 valence electrons. The third-order valence-corrected chi connectivity index (χ3v) is 0.570. The number of nitrogens with zero attached hydrogens (tertiary/aromatic N) is 1. The van der Waals surface area contributed by atoms with Gasteiger partial charge in [-0.25, -0.2) is 0 Å². The van der Waals surface area contributed by atoms with Crippen LogP contribution in [0.2, 0.25) is 0 Å². The van der Waals surface area contributed by atoms with Crippen LogP contribution in [0.3, 0.4) is 0 Å². The highest BCUT2D eigenvalue weighted by molar-refractivity contribution is 6.25. The molecule has 0 unspecified atom stereocenters. The molecule has 3 heteroatoms. The number of hydrogen-bond donors (Lipinski definition) is 0. The first-order valence-corrected chi connectivity index (χ1v) is 2.19. The first-order valence-electron chi connectivity index (χ1n) is 1.75. The zero-order valence-electron chi connectivity index (χ0n) is 3.97. The molecule has 0 aromatic carbocycles. The first kappa shape index (κ1) is 6.50. The molecule has 2 nitrogen and oxygen atoms in total. The fourth-order valence-electron chi connectivity index (χ4n) is 0.124. The van der Waals surface area contributed by atoms with Gasteiger partial charge in [-0.1, -0.05) is 11.6 Å². The predicted molar refractivity (Wildman–Crippen MR) is 28.8 cm³/mol. The van der Waals surface area contributed by atoms with Crippen LogP contribution in [0, 0.1) is 0 Å². The van der Waals surface area contributed by atoms with Gasteiger partial charge in [0.1, 0.15) is 0 Å². The molecular formula is C4H6ClNO. The molecule has 0 bridgehead atoms. The highest BCUT2D eigenvalue weighted by atomic mass is 35.5. The van der Waals surface area contributed by atoms with Gasteiger partial charge in [0.2, 0.25) is 6.41 Å². The van der Waals surface area contributed by atoms with E-state index in [2.05, 4.69) is 0 Å². The summed E-state index contributed by atoms with van der Waals surface area (Å²) in [5, 5.41) is 0. The Morgan fingerprint density at radius 3 is 2.43 bits per heavy atom. The van der Waals surface area contributed by atoms with Crippen LogP contribution in [0.5, 0.6) is 0 Å². The Bertz CT molecular complexity index is 81.8. The average Bonchev–Trinajstić information content (AvgIpc) is 1.68. The average molecular weight is 120 g/mol. The van der Waals surface area contributed by atoms with Crippen LogP contribution in [0.15, 0.2) is 11.7 Å². The number of hydrogen-bond acceptors (Lipinski definition) is 1. The summed E-state index contributed by atoms with van der Waals surface area (Å²) in [7, 11) is 1.60. The smallest absolute Gasteiger partial charge is 0.213 e. The normalized spacial score (nSPS) is 9.43. The Balaban J connectivity index is 3.35. The fourth-order valence-corrected chi connectivity index (χ4v) is 0.302. The highest BCUT2D eigenvalue weighted by Gasteiger charge is 1.77. The number of amides is 1. The molecular weight excluding hydrogens is 114 g/mol. The molecule has 0 aromatic rings. The van der Waals surface area contributed by atoms with E-state index in [0.29, 0.717) is 6.41 Å². The van der Waals surface area contributed by atoms with Crippen molar-refractivity contribution < 1.29 is 4.79 Å². The Kier molecular flexibility index (Phi) is 3.42. The van der Waals surface area contributed by atoms with Crippen LogP contribution >= 0.6 is 11.6 Å². The van der Waals surface area contributed by atoms with Crippen molar-refractivity contribution in [3.63, 3.8) is 0 Å². The lowest BCUT2D eigenvalue weighted by Crippen LogP contribution is -2.04. The lowest BCUT2D eigenvalue weighted by molar-refractivity contribution is -0.114. The maximum Gasteiger partial charge on any atom is 0.213 e. The van der Waals surface area contributed by atoms with Crippen molar-refractivity contribution in [3.8, 4) is 0 Å². The van der Waals surface area contributed by atoms with E-state index in [1.165, 1.54) is 16.6 Å². The second-order valence-electron chi connectivity index (χ2n) is 1.05. The van der Waals surface area contributed by atoms with Crippen LogP contribution in [0.4, 0.5) is 0 Å². The van der Waals surface area contributed by atoms with Crippen molar-refractivity contribution in [1.82, 2.24) is 4.90 Å². The van der Waals surface area contributed by atoms with E-state index in [1.54, 1.807) is 7.05 Å². The van der Waals surface area contributed by atoms with E-state index >= 15 is 0 Å². The van der Waals surface area contributed by atoms with Crippen molar-refractivity contribution in [2.45, 2.75) is 0 Å². The summed E-state index contributed by atoms with van der Waals surface area (Å²) in [5.74, 6) is 0. The van der Waals surface area contributed by atoms with Gasteiger partial charge in [-0.05, 0) is 0 Å². The zero-order valence-corrected chi connectivity index (χ0v) is 4.72. The minimum absolute atomic E-state index is 0.666. The highest BCUT2D eigenvalue weighted by Crippen LogP contribution is 1.79. The molecule has 0 aliphatic rings. The second-order valence-corrected chi connectivity index (χ2v) is 1.30. The minimum Gasteiger partial charge on any atom is -0.324 e. The molecule has 0 fully saturated rings. The van der Waals surface area contributed by atoms with E-state index in [0.717, 1.165) is 0 Å². The molecule has 0 aliphatic carbocycles. The van der Waals surface area contributed by atoms with Gasteiger partial charge in [0, 0.05) is 18.8 Å². The molecule has 0 saturated carbocycles. The fraction of sp³-hybridized carbons (Fsp3) is 0.250. The second kappa shape index (κ2) is 3.68. The molecule has 0 N–H and O–H groups in total. The quantitative estimate of drug-likeness (QED) is 0.492. The summed E-state index contributed by atoms with van der Waals surface area (Å²) in [6.07, 6.45) is 2.12. The van der Waals surface area contributed by atoms with Crippen molar-refractivity contribution >= 4 is 18.0 Å². The third kappa shape index (κ3) is 3.33. The van der Waals surface area contributed by atoms with Crippen molar-refractivity contribution in [3.05, 3.63) is 11.7 Å². The van der Waals surface area contributed by atoms with Crippen molar-refractivity contribution in [2.75, 3.05) is 7.05 Å². The lowest BCUT2D eigenvalue weighted by Gasteiger charge is -1.97. The molecule has 0 spiro atoms. The Labute approximate surface area is 47.4 Å². The molecule has 0 radical (unpaired) electrons. The minimum atomic E-state index is 0.666. The van der Waals surface area contributed by atoms with E-state index in [9.17, 15) is 4.79 Å². The maximum atomic E-state index is 9.71. The van der Waals surface area contributed by atoms with Gasteiger partial charge in [0.05, 0.1) is 0 Å². The molecule has 0 aromatic heterocycles. The zero-order chi connectivity index (χ0) is 5.70. The van der Waals surface area contributed by atoms with Crippen LogP contribution in [0.25, 0.3) is 0 Å². The van der Waals surface area contributed by atoms with E-state index in [1.807, 2.05) is 0 Å². The Morgan fingerprint density at radius 1 is 1.71 bits per heavy atom. The molecule has 0 heterocycles. The molecule has 7 heavy (non-hydrogen) atoms. The molecule has 0 aliphatic heterocycles. The molecule has 1 amide bonds. The first-order chi connectivity index (χ1) is 3.31.